The summed E-state index contributed by atoms with van der Waals surface area (Å²) in [5.74, 6) is -0.227. The van der Waals surface area contributed by atoms with Crippen LogP contribution in [0.15, 0.2) is 60.7 Å². The molecular weight excluding hydrogens is 342 g/mol. The van der Waals surface area contributed by atoms with Gasteiger partial charge in [0.05, 0.1) is 11.0 Å². The fourth-order valence-electron chi connectivity index (χ4n) is 2.97. The minimum absolute atomic E-state index is 0.00299. The molecule has 27 heavy (non-hydrogen) atoms. The van der Waals surface area contributed by atoms with Crippen LogP contribution in [0, 0.1) is 10.1 Å². The molecule has 0 saturated heterocycles. The second kappa shape index (κ2) is 10.2. The number of carbonyl (C=O) groups excluding carboxylic acids is 1. The Kier molecular flexibility index (Phi) is 7.70. The predicted octanol–water partition coefficient (Wildman–Crippen LogP) is 3.81. The predicted molar refractivity (Wildman–Crippen MR) is 107 cm³/mol. The Morgan fingerprint density at radius 1 is 1.15 bits per heavy atom. The van der Waals surface area contributed by atoms with Crippen LogP contribution >= 0.6 is 0 Å². The van der Waals surface area contributed by atoms with E-state index in [9.17, 15) is 14.9 Å². The van der Waals surface area contributed by atoms with Gasteiger partial charge in [-0.15, -0.1) is 0 Å². The maximum absolute atomic E-state index is 12.2. The molecule has 0 radical (unpaired) electrons. The first-order chi connectivity index (χ1) is 13.0. The summed E-state index contributed by atoms with van der Waals surface area (Å²) in [6.07, 6.45) is 2.99. The van der Waals surface area contributed by atoms with Gasteiger partial charge in [0.25, 0.3) is 5.69 Å². The van der Waals surface area contributed by atoms with Crippen molar-refractivity contribution in [2.24, 2.45) is 0 Å². The molecule has 2 aromatic rings. The SMILES string of the molecule is CCN(CC)[C@@H](CNC(=O)/C=C/c1cccc([N+](=O)[O-])c1)c1ccccc1. The number of likely N-dealkylation sites (N-methyl/N-ethyl adjacent to an activating group) is 1. The van der Waals surface area contributed by atoms with E-state index in [0.717, 1.165) is 18.7 Å². The standard InChI is InChI=1S/C21H25N3O3/c1-3-23(4-2)20(18-10-6-5-7-11-18)16-22-21(25)14-13-17-9-8-12-19(15-17)24(26)27/h5-15,20H,3-4,16H2,1-2H3,(H,22,25)/b14-13+/t20-/m0/s1. The average molecular weight is 367 g/mol. The maximum atomic E-state index is 12.2. The number of amides is 1. The van der Waals surface area contributed by atoms with Crippen molar-refractivity contribution < 1.29 is 9.72 Å². The molecule has 0 saturated carbocycles. The Labute approximate surface area is 159 Å². The summed E-state index contributed by atoms with van der Waals surface area (Å²) < 4.78 is 0. The smallest absolute Gasteiger partial charge is 0.270 e. The van der Waals surface area contributed by atoms with Gasteiger partial charge in [-0.05, 0) is 30.3 Å². The Bertz CT molecular complexity index is 786. The van der Waals surface area contributed by atoms with E-state index < -0.39 is 4.92 Å². The van der Waals surface area contributed by atoms with Gasteiger partial charge in [0.15, 0.2) is 0 Å². The molecule has 1 amide bonds. The van der Waals surface area contributed by atoms with Crippen molar-refractivity contribution in [3.05, 3.63) is 81.9 Å². The van der Waals surface area contributed by atoms with Crippen molar-refractivity contribution in [1.82, 2.24) is 10.2 Å². The summed E-state index contributed by atoms with van der Waals surface area (Å²) in [7, 11) is 0. The van der Waals surface area contributed by atoms with Crippen LogP contribution in [-0.4, -0.2) is 35.4 Å². The minimum Gasteiger partial charge on any atom is -0.351 e. The molecular formula is C21H25N3O3. The van der Waals surface area contributed by atoms with Gasteiger partial charge in [-0.2, -0.15) is 0 Å². The number of non-ortho nitro benzene ring substituents is 1. The lowest BCUT2D eigenvalue weighted by atomic mass is 10.1. The largest absolute Gasteiger partial charge is 0.351 e. The molecule has 142 valence electrons. The molecule has 0 unspecified atom stereocenters. The third-order valence-corrected chi connectivity index (χ3v) is 4.42. The van der Waals surface area contributed by atoms with Crippen molar-refractivity contribution in [2.75, 3.05) is 19.6 Å². The number of hydrogen-bond acceptors (Lipinski definition) is 4. The maximum Gasteiger partial charge on any atom is 0.270 e. The van der Waals surface area contributed by atoms with Crippen LogP contribution in [0.2, 0.25) is 0 Å². The fraction of sp³-hybridized carbons (Fsp3) is 0.286. The highest BCUT2D eigenvalue weighted by atomic mass is 16.6. The van der Waals surface area contributed by atoms with E-state index in [1.165, 1.54) is 18.2 Å². The van der Waals surface area contributed by atoms with E-state index in [1.54, 1.807) is 18.2 Å². The summed E-state index contributed by atoms with van der Waals surface area (Å²) >= 11 is 0. The van der Waals surface area contributed by atoms with E-state index in [0.29, 0.717) is 12.1 Å². The van der Waals surface area contributed by atoms with Gasteiger partial charge in [-0.1, -0.05) is 56.3 Å². The topological polar surface area (TPSA) is 75.5 Å². The van der Waals surface area contributed by atoms with E-state index in [2.05, 4.69) is 36.2 Å². The second-order valence-corrected chi connectivity index (χ2v) is 6.08. The zero-order chi connectivity index (χ0) is 19.6. The van der Waals surface area contributed by atoms with Crippen molar-refractivity contribution in [2.45, 2.75) is 19.9 Å². The Morgan fingerprint density at radius 3 is 2.48 bits per heavy atom. The second-order valence-electron chi connectivity index (χ2n) is 6.08. The van der Waals surface area contributed by atoms with E-state index in [1.807, 2.05) is 18.2 Å². The van der Waals surface area contributed by atoms with Gasteiger partial charge in [0.2, 0.25) is 5.91 Å². The monoisotopic (exact) mass is 367 g/mol. The molecule has 0 spiro atoms. The van der Waals surface area contributed by atoms with Crippen molar-refractivity contribution >= 4 is 17.7 Å². The summed E-state index contributed by atoms with van der Waals surface area (Å²) in [4.78, 5) is 24.9. The van der Waals surface area contributed by atoms with Crippen LogP contribution in [0.25, 0.3) is 6.08 Å². The molecule has 2 aromatic carbocycles. The summed E-state index contributed by atoms with van der Waals surface area (Å²) in [6, 6.07) is 16.4. The van der Waals surface area contributed by atoms with Gasteiger partial charge >= 0.3 is 0 Å². The molecule has 0 heterocycles. The van der Waals surface area contributed by atoms with Crippen LogP contribution in [0.3, 0.4) is 0 Å². The Hall–Kier alpha value is -2.99. The minimum atomic E-state index is -0.452. The molecule has 6 heteroatoms. The zero-order valence-corrected chi connectivity index (χ0v) is 15.7. The third kappa shape index (κ3) is 6.04. The van der Waals surface area contributed by atoms with E-state index >= 15 is 0 Å². The van der Waals surface area contributed by atoms with Gasteiger partial charge in [0, 0.05) is 24.8 Å². The van der Waals surface area contributed by atoms with Crippen molar-refractivity contribution in [1.29, 1.82) is 0 Å². The quantitative estimate of drug-likeness (QED) is 0.415. The van der Waals surface area contributed by atoms with E-state index in [4.69, 9.17) is 0 Å². The lowest BCUT2D eigenvalue weighted by Gasteiger charge is -2.30. The molecule has 0 aliphatic rings. The number of nitrogens with one attached hydrogen (secondary N) is 1. The van der Waals surface area contributed by atoms with Gasteiger partial charge in [-0.3, -0.25) is 19.8 Å². The van der Waals surface area contributed by atoms with Gasteiger partial charge < -0.3 is 5.32 Å². The number of nitrogens with zero attached hydrogens (tertiary/aromatic N) is 2. The summed E-state index contributed by atoms with van der Waals surface area (Å²) in [6.45, 7) is 6.46. The van der Waals surface area contributed by atoms with Crippen LogP contribution < -0.4 is 5.32 Å². The van der Waals surface area contributed by atoms with Crippen LogP contribution in [0.4, 0.5) is 5.69 Å². The number of hydrogen-bond donors (Lipinski definition) is 1. The summed E-state index contributed by atoms with van der Waals surface area (Å²) in [5, 5.41) is 13.8. The fourth-order valence-corrected chi connectivity index (χ4v) is 2.97. The van der Waals surface area contributed by atoms with Gasteiger partial charge in [-0.25, -0.2) is 0 Å². The molecule has 1 atom stereocenters. The first-order valence-corrected chi connectivity index (χ1v) is 9.04. The number of rotatable bonds is 9. The third-order valence-electron chi connectivity index (χ3n) is 4.42. The number of benzene rings is 2. The summed E-state index contributed by atoms with van der Waals surface area (Å²) in [5.41, 5.74) is 1.77. The van der Waals surface area contributed by atoms with Gasteiger partial charge in [0.1, 0.15) is 0 Å². The highest BCUT2D eigenvalue weighted by Crippen LogP contribution is 2.19. The molecule has 0 aliphatic heterocycles. The molecule has 2 rings (SSSR count). The molecule has 1 N–H and O–H groups in total. The van der Waals surface area contributed by atoms with E-state index in [-0.39, 0.29) is 17.6 Å². The Balaban J connectivity index is 2.03. The molecule has 0 aliphatic carbocycles. The first-order valence-electron chi connectivity index (χ1n) is 9.04. The lowest BCUT2D eigenvalue weighted by Crippen LogP contribution is -2.37. The molecule has 0 bridgehead atoms. The lowest BCUT2D eigenvalue weighted by molar-refractivity contribution is -0.384. The highest BCUT2D eigenvalue weighted by Gasteiger charge is 2.18. The van der Waals surface area contributed by atoms with Crippen molar-refractivity contribution in [3.63, 3.8) is 0 Å². The first kappa shape index (κ1) is 20.3. The normalized spacial score (nSPS) is 12.3. The molecule has 6 nitrogen and oxygen atoms in total. The number of carbonyl (C=O) groups is 1. The Morgan fingerprint density at radius 2 is 1.85 bits per heavy atom. The highest BCUT2D eigenvalue weighted by molar-refractivity contribution is 5.91. The van der Waals surface area contributed by atoms with Crippen LogP contribution in [-0.2, 0) is 4.79 Å². The van der Waals surface area contributed by atoms with Crippen molar-refractivity contribution in [3.8, 4) is 0 Å². The molecule has 0 fully saturated rings. The average Bonchev–Trinajstić information content (AvgIpc) is 2.70. The zero-order valence-electron chi connectivity index (χ0n) is 15.7. The van der Waals surface area contributed by atoms with Crippen LogP contribution in [0.5, 0.6) is 0 Å². The number of nitro groups is 1. The van der Waals surface area contributed by atoms with Crippen LogP contribution in [0.1, 0.15) is 31.0 Å². The number of nitro benzene ring substituents is 1. The molecule has 0 aromatic heterocycles.